The zero-order valence-corrected chi connectivity index (χ0v) is 17.9. The van der Waals surface area contributed by atoms with Crippen molar-refractivity contribution in [2.75, 3.05) is 18.4 Å². The topological polar surface area (TPSA) is 58.1 Å². The van der Waals surface area contributed by atoms with Crippen LogP contribution in [0.4, 0.5) is 5.69 Å². The fraction of sp³-hybridized carbons (Fsp3) is 0.192. The molecule has 0 spiro atoms. The Kier molecular flexibility index (Phi) is 6.34. The summed E-state index contributed by atoms with van der Waals surface area (Å²) in [4.78, 5) is 24.6. The number of carbonyl (C=O) groups excluding carboxylic acids is 1. The molecule has 0 atom stereocenters. The number of rotatable bonds is 7. The number of amides is 1. The minimum absolute atomic E-state index is 0.149. The molecule has 2 aromatic heterocycles. The molecule has 0 radical (unpaired) electrons. The smallest absolute Gasteiger partial charge is 0.256 e. The maximum Gasteiger partial charge on any atom is 0.256 e. The van der Waals surface area contributed by atoms with E-state index < -0.39 is 0 Å². The highest BCUT2D eigenvalue weighted by molar-refractivity contribution is 6.13. The van der Waals surface area contributed by atoms with Crippen molar-refractivity contribution in [3.05, 3.63) is 90.3 Å². The highest BCUT2D eigenvalue weighted by Crippen LogP contribution is 2.25. The Hall–Kier alpha value is -3.57. The molecule has 0 fully saturated rings. The van der Waals surface area contributed by atoms with Gasteiger partial charge < -0.3 is 5.32 Å². The summed E-state index contributed by atoms with van der Waals surface area (Å²) in [5.41, 5.74) is 4.95. The number of nitrogens with one attached hydrogen (secondary N) is 1. The van der Waals surface area contributed by atoms with E-state index in [2.05, 4.69) is 35.1 Å². The number of hydrogen-bond acceptors (Lipinski definition) is 4. The molecule has 4 aromatic rings. The number of anilines is 1. The van der Waals surface area contributed by atoms with Crippen molar-refractivity contribution in [2.45, 2.75) is 20.4 Å². The number of aromatic nitrogens is 2. The van der Waals surface area contributed by atoms with Crippen LogP contribution < -0.4 is 5.32 Å². The first-order valence-electron chi connectivity index (χ1n) is 10.6. The Morgan fingerprint density at radius 2 is 1.81 bits per heavy atom. The molecule has 4 rings (SSSR count). The highest BCUT2D eigenvalue weighted by atomic mass is 16.1. The Morgan fingerprint density at radius 1 is 0.968 bits per heavy atom. The van der Waals surface area contributed by atoms with Crippen molar-refractivity contribution < 1.29 is 4.79 Å². The van der Waals surface area contributed by atoms with E-state index in [0.717, 1.165) is 47.5 Å². The second-order valence-corrected chi connectivity index (χ2v) is 7.43. The maximum absolute atomic E-state index is 13.3. The van der Waals surface area contributed by atoms with E-state index >= 15 is 0 Å². The van der Waals surface area contributed by atoms with Gasteiger partial charge in [0.05, 0.1) is 16.8 Å². The number of hydrogen-bond donors (Lipinski definition) is 1. The molecule has 1 N–H and O–H groups in total. The van der Waals surface area contributed by atoms with Crippen LogP contribution in [0.3, 0.4) is 0 Å². The molecule has 0 aliphatic heterocycles. The van der Waals surface area contributed by atoms with Gasteiger partial charge in [0.2, 0.25) is 0 Å². The molecule has 2 aromatic carbocycles. The monoisotopic (exact) mass is 410 g/mol. The zero-order valence-electron chi connectivity index (χ0n) is 17.9. The normalized spacial score (nSPS) is 11.1. The van der Waals surface area contributed by atoms with Gasteiger partial charge in [0, 0.05) is 35.6 Å². The van der Waals surface area contributed by atoms with E-state index in [-0.39, 0.29) is 5.91 Å². The van der Waals surface area contributed by atoms with Gasteiger partial charge in [-0.3, -0.25) is 14.7 Å². The standard InChI is InChI=1S/C26H26N4O/c1-3-30(4-2)18-19-9-7-11-21(15-19)28-26(31)23-16-25(20-10-8-14-27-17-20)29-24-13-6-5-12-22(23)24/h5-17H,3-4,18H2,1-2H3,(H,28,31). The van der Waals surface area contributed by atoms with Crippen LogP contribution in [0.15, 0.2) is 79.1 Å². The predicted molar refractivity (Wildman–Crippen MR) is 126 cm³/mol. The number of pyridine rings is 2. The second-order valence-electron chi connectivity index (χ2n) is 7.43. The van der Waals surface area contributed by atoms with Gasteiger partial charge in [-0.05, 0) is 55.1 Å². The van der Waals surface area contributed by atoms with Crippen molar-refractivity contribution >= 4 is 22.5 Å². The molecular weight excluding hydrogens is 384 g/mol. The summed E-state index contributed by atoms with van der Waals surface area (Å²) in [7, 11) is 0. The van der Waals surface area contributed by atoms with Crippen LogP contribution in [-0.2, 0) is 6.54 Å². The summed E-state index contributed by atoms with van der Waals surface area (Å²) < 4.78 is 0. The molecule has 2 heterocycles. The summed E-state index contributed by atoms with van der Waals surface area (Å²) in [6.45, 7) is 7.16. The number of fused-ring (bicyclic) bond motifs is 1. The SMILES string of the molecule is CCN(CC)Cc1cccc(NC(=O)c2cc(-c3cccnc3)nc3ccccc23)c1. The first kappa shape index (κ1) is 20.7. The van der Waals surface area contributed by atoms with E-state index in [1.54, 1.807) is 12.4 Å². The predicted octanol–water partition coefficient (Wildman–Crippen LogP) is 5.39. The third-order valence-electron chi connectivity index (χ3n) is 5.40. The van der Waals surface area contributed by atoms with Crippen molar-refractivity contribution in [3.8, 4) is 11.3 Å². The lowest BCUT2D eigenvalue weighted by Crippen LogP contribution is -2.22. The van der Waals surface area contributed by atoms with Gasteiger partial charge in [0.15, 0.2) is 0 Å². The van der Waals surface area contributed by atoms with Gasteiger partial charge in [0.25, 0.3) is 5.91 Å². The van der Waals surface area contributed by atoms with E-state index in [1.165, 1.54) is 5.56 Å². The van der Waals surface area contributed by atoms with Crippen LogP contribution in [0.5, 0.6) is 0 Å². The van der Waals surface area contributed by atoms with Crippen LogP contribution in [-0.4, -0.2) is 33.9 Å². The van der Waals surface area contributed by atoms with E-state index in [0.29, 0.717) is 5.56 Å². The molecule has 0 saturated heterocycles. The lowest BCUT2D eigenvalue weighted by molar-refractivity contribution is 0.102. The summed E-state index contributed by atoms with van der Waals surface area (Å²) >= 11 is 0. The summed E-state index contributed by atoms with van der Waals surface area (Å²) in [6.07, 6.45) is 3.48. The molecule has 0 aliphatic carbocycles. The summed E-state index contributed by atoms with van der Waals surface area (Å²) in [6, 6.07) is 21.4. The van der Waals surface area contributed by atoms with Gasteiger partial charge in [-0.1, -0.05) is 44.2 Å². The third-order valence-corrected chi connectivity index (χ3v) is 5.40. The molecule has 156 valence electrons. The van der Waals surface area contributed by atoms with Crippen molar-refractivity contribution in [1.29, 1.82) is 0 Å². The van der Waals surface area contributed by atoms with Gasteiger partial charge in [-0.2, -0.15) is 0 Å². The van der Waals surface area contributed by atoms with Gasteiger partial charge >= 0.3 is 0 Å². The average molecular weight is 411 g/mol. The molecule has 5 nitrogen and oxygen atoms in total. The maximum atomic E-state index is 13.3. The fourth-order valence-electron chi connectivity index (χ4n) is 3.68. The Balaban J connectivity index is 1.66. The third kappa shape index (κ3) is 4.78. The summed E-state index contributed by atoms with van der Waals surface area (Å²) in [5, 5.41) is 3.90. The number of carbonyl (C=O) groups is 1. The van der Waals surface area contributed by atoms with Gasteiger partial charge in [0.1, 0.15) is 0 Å². The average Bonchev–Trinajstić information content (AvgIpc) is 2.82. The Bertz CT molecular complexity index is 1190. The molecule has 0 bridgehead atoms. The lowest BCUT2D eigenvalue weighted by atomic mass is 10.0. The molecule has 1 amide bonds. The van der Waals surface area contributed by atoms with E-state index in [9.17, 15) is 4.79 Å². The van der Waals surface area contributed by atoms with Gasteiger partial charge in [-0.15, -0.1) is 0 Å². The Morgan fingerprint density at radius 3 is 2.58 bits per heavy atom. The minimum atomic E-state index is -0.149. The van der Waals surface area contributed by atoms with Crippen LogP contribution >= 0.6 is 0 Å². The molecule has 5 heteroatoms. The van der Waals surface area contributed by atoms with Crippen LogP contribution in [0.1, 0.15) is 29.8 Å². The quantitative estimate of drug-likeness (QED) is 0.444. The fourth-order valence-corrected chi connectivity index (χ4v) is 3.68. The van der Waals surface area contributed by atoms with Crippen molar-refractivity contribution in [2.24, 2.45) is 0 Å². The molecule has 0 unspecified atom stereocenters. The molecular formula is C26H26N4O. The highest BCUT2D eigenvalue weighted by Gasteiger charge is 2.14. The first-order chi connectivity index (χ1) is 15.2. The van der Waals surface area contributed by atoms with Crippen molar-refractivity contribution in [3.63, 3.8) is 0 Å². The van der Waals surface area contributed by atoms with E-state index in [1.807, 2.05) is 60.7 Å². The summed E-state index contributed by atoms with van der Waals surface area (Å²) in [5.74, 6) is -0.149. The minimum Gasteiger partial charge on any atom is -0.322 e. The Labute approximate surface area is 182 Å². The zero-order chi connectivity index (χ0) is 21.6. The number of para-hydroxylation sites is 1. The largest absolute Gasteiger partial charge is 0.322 e. The molecule has 0 saturated carbocycles. The number of nitrogens with zero attached hydrogens (tertiary/aromatic N) is 3. The van der Waals surface area contributed by atoms with Crippen LogP contribution in [0.2, 0.25) is 0 Å². The van der Waals surface area contributed by atoms with Crippen molar-refractivity contribution in [1.82, 2.24) is 14.9 Å². The molecule has 31 heavy (non-hydrogen) atoms. The lowest BCUT2D eigenvalue weighted by Gasteiger charge is -2.18. The van der Waals surface area contributed by atoms with Crippen LogP contribution in [0.25, 0.3) is 22.2 Å². The second kappa shape index (κ2) is 9.49. The number of benzene rings is 2. The molecule has 0 aliphatic rings. The first-order valence-corrected chi connectivity index (χ1v) is 10.6. The van der Waals surface area contributed by atoms with Crippen LogP contribution in [0, 0.1) is 0 Å². The van der Waals surface area contributed by atoms with Gasteiger partial charge in [-0.25, -0.2) is 4.98 Å². The van der Waals surface area contributed by atoms with E-state index in [4.69, 9.17) is 4.98 Å².